The summed E-state index contributed by atoms with van der Waals surface area (Å²) in [6.45, 7) is 10.1. The van der Waals surface area contributed by atoms with Crippen molar-refractivity contribution < 1.29 is 23.5 Å². The van der Waals surface area contributed by atoms with Crippen LogP contribution in [0.3, 0.4) is 0 Å². The zero-order chi connectivity index (χ0) is 26.9. The highest BCUT2D eigenvalue weighted by atomic mass is 19.1. The minimum absolute atomic E-state index is 0.120. The number of carbonyl (C=O) groups is 3. The highest BCUT2D eigenvalue weighted by Gasteiger charge is 2.50. The third kappa shape index (κ3) is 4.13. The molecule has 9 heteroatoms. The minimum atomic E-state index is -1.10. The quantitative estimate of drug-likeness (QED) is 0.610. The van der Waals surface area contributed by atoms with Gasteiger partial charge >= 0.3 is 0 Å². The molecule has 206 valence electrons. The second-order valence-electron chi connectivity index (χ2n) is 12.9. The normalized spacial score (nSPS) is 27.1. The second-order valence-corrected chi connectivity index (χ2v) is 12.9. The molecular weight excluding hydrogens is 487 g/mol. The van der Waals surface area contributed by atoms with Gasteiger partial charge in [-0.15, -0.1) is 0 Å². The molecule has 0 radical (unpaired) electrons. The van der Waals surface area contributed by atoms with Crippen molar-refractivity contribution in [2.75, 3.05) is 39.3 Å². The lowest BCUT2D eigenvalue weighted by Crippen LogP contribution is -2.60. The van der Waals surface area contributed by atoms with Crippen molar-refractivity contribution in [3.8, 4) is 5.75 Å². The van der Waals surface area contributed by atoms with Crippen molar-refractivity contribution in [1.82, 2.24) is 20.0 Å². The molecule has 1 aromatic carbocycles. The third-order valence-corrected chi connectivity index (χ3v) is 9.40. The first-order valence-corrected chi connectivity index (χ1v) is 14.1. The molecule has 0 bridgehead atoms. The molecule has 0 aliphatic carbocycles. The van der Waals surface area contributed by atoms with E-state index in [2.05, 4.69) is 10.2 Å². The number of halogens is 1. The van der Waals surface area contributed by atoms with Crippen LogP contribution >= 0.6 is 0 Å². The first-order valence-electron chi connectivity index (χ1n) is 14.1. The molecule has 38 heavy (non-hydrogen) atoms. The van der Waals surface area contributed by atoms with Crippen molar-refractivity contribution in [2.45, 2.75) is 88.5 Å². The number of ether oxygens (including phenoxy) is 1. The number of likely N-dealkylation sites (tertiary alicyclic amines) is 2. The van der Waals surface area contributed by atoms with Gasteiger partial charge in [0, 0.05) is 40.6 Å². The summed E-state index contributed by atoms with van der Waals surface area (Å²) in [6, 6.07) is 3.28. The predicted molar refractivity (Wildman–Crippen MR) is 140 cm³/mol. The van der Waals surface area contributed by atoms with E-state index >= 15 is 4.39 Å². The Kier molecular flexibility index (Phi) is 6.11. The molecule has 1 N–H and O–H groups in total. The molecule has 3 fully saturated rings. The van der Waals surface area contributed by atoms with Gasteiger partial charge < -0.3 is 19.9 Å². The molecule has 5 aliphatic rings. The first-order chi connectivity index (χ1) is 18.0. The third-order valence-electron chi connectivity index (χ3n) is 9.40. The van der Waals surface area contributed by atoms with E-state index in [1.807, 2.05) is 32.9 Å². The second kappa shape index (κ2) is 9.01. The van der Waals surface area contributed by atoms with E-state index in [4.69, 9.17) is 4.74 Å². The first kappa shape index (κ1) is 25.7. The van der Waals surface area contributed by atoms with Crippen LogP contribution in [0.25, 0.3) is 0 Å². The summed E-state index contributed by atoms with van der Waals surface area (Å²) in [5.74, 6) is 0.146. The van der Waals surface area contributed by atoms with Crippen molar-refractivity contribution in [2.24, 2.45) is 0 Å². The zero-order valence-corrected chi connectivity index (χ0v) is 22.8. The molecule has 1 spiro atoms. The maximum Gasteiger partial charge on any atom is 0.255 e. The van der Waals surface area contributed by atoms with Gasteiger partial charge in [0.2, 0.25) is 5.91 Å². The lowest BCUT2D eigenvalue weighted by molar-refractivity contribution is -0.158. The van der Waals surface area contributed by atoms with E-state index in [1.54, 1.807) is 4.90 Å². The number of hydrogen-bond donors (Lipinski definition) is 1. The molecular formula is C29H39FN4O4. The Morgan fingerprint density at radius 1 is 1.08 bits per heavy atom. The number of nitrogens with one attached hydrogen (secondary N) is 1. The molecule has 5 aliphatic heterocycles. The Morgan fingerprint density at radius 2 is 1.79 bits per heavy atom. The summed E-state index contributed by atoms with van der Waals surface area (Å²) in [5, 5.41) is 3.25. The van der Waals surface area contributed by atoms with E-state index in [1.165, 1.54) is 4.90 Å². The fourth-order valence-electron chi connectivity index (χ4n) is 7.25. The number of amides is 3. The number of imide groups is 1. The van der Waals surface area contributed by atoms with Gasteiger partial charge in [-0.3, -0.25) is 19.3 Å². The van der Waals surface area contributed by atoms with Gasteiger partial charge in [0.25, 0.3) is 11.8 Å². The standard InChI is InChI=1S/C29H39FN4O4/c1-27(2,3)34-23(35)7-6-22(26(34)37)33-16-20-19(25(33)36)4-5-21-24(20)38-18-28(21)10-14-32(15-11-28)17-29(30)8-12-31-13-9-29/h4-5,22,31H,6-18H2,1-3H3/t22-/m0/s1. The molecule has 1 aromatic rings. The van der Waals surface area contributed by atoms with Crippen LogP contribution in [0.1, 0.15) is 80.8 Å². The molecule has 1 atom stereocenters. The molecule has 0 unspecified atom stereocenters. The summed E-state index contributed by atoms with van der Waals surface area (Å²) in [7, 11) is 0. The van der Waals surface area contributed by atoms with Crippen molar-refractivity contribution in [1.29, 1.82) is 0 Å². The summed E-state index contributed by atoms with van der Waals surface area (Å²) in [4.78, 5) is 44.6. The Hall–Kier alpha value is -2.52. The van der Waals surface area contributed by atoms with Crippen molar-refractivity contribution in [3.05, 3.63) is 28.8 Å². The van der Waals surface area contributed by atoms with Gasteiger partial charge in [0.15, 0.2) is 0 Å². The molecule has 3 amide bonds. The monoisotopic (exact) mass is 526 g/mol. The Bertz CT molecular complexity index is 1160. The molecule has 8 nitrogen and oxygen atoms in total. The lowest BCUT2D eigenvalue weighted by atomic mass is 9.73. The molecule has 3 saturated heterocycles. The Balaban J connectivity index is 1.19. The van der Waals surface area contributed by atoms with Crippen LogP contribution in [0.15, 0.2) is 12.1 Å². The summed E-state index contributed by atoms with van der Waals surface area (Å²) in [6.07, 6.45) is 3.53. The van der Waals surface area contributed by atoms with Gasteiger partial charge in [0.1, 0.15) is 17.5 Å². The number of nitrogens with zero attached hydrogens (tertiary/aromatic N) is 3. The fourth-order valence-corrected chi connectivity index (χ4v) is 7.25. The largest absolute Gasteiger partial charge is 0.492 e. The maximum atomic E-state index is 15.3. The number of fused-ring (bicyclic) bond motifs is 4. The summed E-state index contributed by atoms with van der Waals surface area (Å²) >= 11 is 0. The van der Waals surface area contributed by atoms with Gasteiger partial charge in [-0.05, 0) is 85.1 Å². The van der Waals surface area contributed by atoms with Crippen LogP contribution in [-0.2, 0) is 21.5 Å². The van der Waals surface area contributed by atoms with Crippen LogP contribution in [0, 0.1) is 0 Å². The van der Waals surface area contributed by atoms with Crippen LogP contribution in [0.4, 0.5) is 4.39 Å². The van der Waals surface area contributed by atoms with Crippen LogP contribution in [0.2, 0.25) is 0 Å². The van der Waals surface area contributed by atoms with Crippen LogP contribution in [-0.4, -0.2) is 89.0 Å². The fraction of sp³-hybridized carbons (Fsp3) is 0.690. The zero-order valence-electron chi connectivity index (χ0n) is 22.8. The molecule has 0 saturated carbocycles. The highest BCUT2D eigenvalue weighted by molar-refractivity contribution is 6.06. The summed E-state index contributed by atoms with van der Waals surface area (Å²) in [5.41, 5.74) is 0.735. The number of alkyl halides is 1. The van der Waals surface area contributed by atoms with Gasteiger partial charge in [-0.2, -0.15) is 0 Å². The van der Waals surface area contributed by atoms with Gasteiger partial charge in [-0.1, -0.05) is 6.07 Å². The SMILES string of the molecule is CC(C)(C)N1C(=O)CC[C@H](N2Cc3c(ccc4c3OCC43CCN(CC4(F)CCNCC4)CC3)C2=O)C1=O. The smallest absolute Gasteiger partial charge is 0.255 e. The number of rotatable bonds is 3. The van der Waals surface area contributed by atoms with Crippen molar-refractivity contribution >= 4 is 17.7 Å². The molecule has 0 aromatic heterocycles. The van der Waals surface area contributed by atoms with Crippen LogP contribution < -0.4 is 10.1 Å². The Morgan fingerprint density at radius 3 is 2.47 bits per heavy atom. The number of hydrogen-bond acceptors (Lipinski definition) is 6. The average molecular weight is 527 g/mol. The lowest BCUT2D eigenvalue weighted by Gasteiger charge is -2.42. The highest BCUT2D eigenvalue weighted by Crippen LogP contribution is 2.50. The van der Waals surface area contributed by atoms with E-state index in [-0.39, 0.29) is 29.6 Å². The Labute approximate surface area is 223 Å². The van der Waals surface area contributed by atoms with E-state index < -0.39 is 17.2 Å². The van der Waals surface area contributed by atoms with E-state index in [0.29, 0.717) is 44.5 Å². The average Bonchev–Trinajstić information content (AvgIpc) is 3.38. The minimum Gasteiger partial charge on any atom is -0.492 e. The number of benzene rings is 1. The van der Waals surface area contributed by atoms with Gasteiger partial charge in [0.05, 0.1) is 13.2 Å². The molecule has 6 rings (SSSR count). The number of piperidine rings is 3. The summed E-state index contributed by atoms with van der Waals surface area (Å²) < 4.78 is 21.6. The predicted octanol–water partition coefficient (Wildman–Crippen LogP) is 2.78. The van der Waals surface area contributed by atoms with E-state index in [0.717, 1.165) is 55.9 Å². The van der Waals surface area contributed by atoms with E-state index in [9.17, 15) is 14.4 Å². The van der Waals surface area contributed by atoms with Crippen LogP contribution in [0.5, 0.6) is 5.75 Å². The number of carbonyl (C=O) groups excluding carboxylic acids is 3. The molecule has 5 heterocycles. The topological polar surface area (TPSA) is 82.2 Å². The maximum absolute atomic E-state index is 15.3. The van der Waals surface area contributed by atoms with Crippen molar-refractivity contribution in [3.63, 3.8) is 0 Å². The van der Waals surface area contributed by atoms with Gasteiger partial charge in [-0.25, -0.2) is 4.39 Å².